The first-order chi connectivity index (χ1) is 7.75. The minimum atomic E-state index is -0.0200. The molecule has 0 radical (unpaired) electrons. The van der Waals surface area contributed by atoms with Crippen LogP contribution in [0.3, 0.4) is 0 Å². The smallest absolute Gasteiger partial charge is 0.272 e. The van der Waals surface area contributed by atoms with Crippen LogP contribution >= 0.6 is 0 Å². The second-order valence-corrected chi connectivity index (χ2v) is 3.79. The topological polar surface area (TPSA) is 59.2 Å². The molecule has 4 heteroatoms. The fourth-order valence-corrected chi connectivity index (χ4v) is 1.46. The van der Waals surface area contributed by atoms with Crippen molar-refractivity contribution in [1.82, 2.24) is 9.88 Å². The Morgan fingerprint density at radius 2 is 2.19 bits per heavy atom. The molecule has 1 aromatic heterocycles. The molecule has 1 amide bonds. The molecule has 0 aliphatic rings. The van der Waals surface area contributed by atoms with E-state index in [1.807, 2.05) is 6.07 Å². The van der Waals surface area contributed by atoms with Gasteiger partial charge in [-0.1, -0.05) is 12.5 Å². The van der Waals surface area contributed by atoms with E-state index in [0.717, 1.165) is 32.4 Å². The van der Waals surface area contributed by atoms with Crippen molar-refractivity contribution in [1.29, 1.82) is 0 Å². The van der Waals surface area contributed by atoms with Gasteiger partial charge in [-0.05, 0) is 31.5 Å². The summed E-state index contributed by atoms with van der Waals surface area (Å²) in [5, 5.41) is 0. The lowest BCUT2D eigenvalue weighted by Crippen LogP contribution is -2.28. The minimum absolute atomic E-state index is 0.0200. The van der Waals surface area contributed by atoms with E-state index in [4.69, 9.17) is 5.73 Å². The van der Waals surface area contributed by atoms with Gasteiger partial charge in [0.25, 0.3) is 5.91 Å². The summed E-state index contributed by atoms with van der Waals surface area (Å²) in [5.41, 5.74) is 5.91. The maximum Gasteiger partial charge on any atom is 0.272 e. The third kappa shape index (κ3) is 3.98. The van der Waals surface area contributed by atoms with Crippen molar-refractivity contribution < 1.29 is 4.79 Å². The van der Waals surface area contributed by atoms with E-state index < -0.39 is 0 Å². The zero-order chi connectivity index (χ0) is 11.8. The summed E-state index contributed by atoms with van der Waals surface area (Å²) in [7, 11) is 1.81. The number of aromatic nitrogens is 1. The number of nitrogens with two attached hydrogens (primary N) is 1. The molecule has 88 valence electrons. The standard InChI is InChI=1S/C12H19N3O/c1-15(10-6-2-4-8-13)12(16)11-7-3-5-9-14-11/h3,5,7,9H,2,4,6,8,10,13H2,1H3. The Balaban J connectivity index is 2.37. The van der Waals surface area contributed by atoms with Crippen molar-refractivity contribution in [3.05, 3.63) is 30.1 Å². The van der Waals surface area contributed by atoms with Crippen LogP contribution in [0.1, 0.15) is 29.8 Å². The Kier molecular flexibility index (Phi) is 5.50. The second-order valence-electron chi connectivity index (χ2n) is 3.79. The molecular weight excluding hydrogens is 202 g/mol. The highest BCUT2D eigenvalue weighted by Gasteiger charge is 2.11. The third-order valence-corrected chi connectivity index (χ3v) is 2.43. The number of hydrogen-bond acceptors (Lipinski definition) is 3. The van der Waals surface area contributed by atoms with Crippen LogP contribution in [-0.4, -0.2) is 35.9 Å². The molecule has 0 atom stereocenters. The van der Waals surface area contributed by atoms with Gasteiger partial charge in [-0.3, -0.25) is 9.78 Å². The lowest BCUT2D eigenvalue weighted by Gasteiger charge is -2.16. The average molecular weight is 221 g/mol. The number of unbranched alkanes of at least 4 members (excludes halogenated alkanes) is 2. The minimum Gasteiger partial charge on any atom is -0.340 e. The fraction of sp³-hybridized carbons (Fsp3) is 0.500. The van der Waals surface area contributed by atoms with Gasteiger partial charge in [-0.25, -0.2) is 0 Å². The number of carbonyl (C=O) groups excluding carboxylic acids is 1. The van der Waals surface area contributed by atoms with Crippen molar-refractivity contribution in [3.63, 3.8) is 0 Å². The quantitative estimate of drug-likeness (QED) is 0.736. The van der Waals surface area contributed by atoms with Crippen molar-refractivity contribution in [2.24, 2.45) is 5.73 Å². The van der Waals surface area contributed by atoms with Gasteiger partial charge in [-0.15, -0.1) is 0 Å². The molecule has 0 unspecified atom stereocenters. The molecule has 2 N–H and O–H groups in total. The van der Waals surface area contributed by atoms with E-state index in [1.54, 1.807) is 30.3 Å². The first-order valence-electron chi connectivity index (χ1n) is 5.62. The van der Waals surface area contributed by atoms with Crippen molar-refractivity contribution in [3.8, 4) is 0 Å². The maximum absolute atomic E-state index is 11.8. The van der Waals surface area contributed by atoms with E-state index >= 15 is 0 Å². The van der Waals surface area contributed by atoms with Gasteiger partial charge in [0.15, 0.2) is 0 Å². The summed E-state index contributed by atoms with van der Waals surface area (Å²) in [5.74, 6) is -0.0200. The van der Waals surface area contributed by atoms with Crippen LogP contribution in [0.4, 0.5) is 0 Å². The largest absolute Gasteiger partial charge is 0.340 e. The summed E-state index contributed by atoms with van der Waals surface area (Å²) in [6, 6.07) is 5.36. The predicted molar refractivity (Wildman–Crippen MR) is 64.1 cm³/mol. The van der Waals surface area contributed by atoms with Gasteiger partial charge >= 0.3 is 0 Å². The van der Waals surface area contributed by atoms with Crippen LogP contribution in [0.5, 0.6) is 0 Å². The zero-order valence-corrected chi connectivity index (χ0v) is 9.72. The Bertz CT molecular complexity index is 313. The fourth-order valence-electron chi connectivity index (χ4n) is 1.46. The highest BCUT2D eigenvalue weighted by Crippen LogP contribution is 2.02. The number of pyridine rings is 1. The molecule has 0 aromatic carbocycles. The van der Waals surface area contributed by atoms with Gasteiger partial charge in [-0.2, -0.15) is 0 Å². The van der Waals surface area contributed by atoms with Gasteiger partial charge < -0.3 is 10.6 Å². The lowest BCUT2D eigenvalue weighted by atomic mass is 10.2. The SMILES string of the molecule is CN(CCCCCN)C(=O)c1ccccn1. The van der Waals surface area contributed by atoms with Crippen molar-refractivity contribution in [2.45, 2.75) is 19.3 Å². The highest BCUT2D eigenvalue weighted by molar-refractivity contribution is 5.91. The molecule has 1 heterocycles. The number of nitrogens with zero attached hydrogens (tertiary/aromatic N) is 2. The molecule has 0 spiro atoms. The van der Waals surface area contributed by atoms with Gasteiger partial charge in [0.2, 0.25) is 0 Å². The van der Waals surface area contributed by atoms with Crippen LogP contribution in [0, 0.1) is 0 Å². The summed E-state index contributed by atoms with van der Waals surface area (Å²) < 4.78 is 0. The second kappa shape index (κ2) is 6.95. The number of rotatable bonds is 6. The Morgan fingerprint density at radius 3 is 2.81 bits per heavy atom. The summed E-state index contributed by atoms with van der Waals surface area (Å²) in [6.45, 7) is 1.48. The molecule has 4 nitrogen and oxygen atoms in total. The van der Waals surface area contributed by atoms with Crippen molar-refractivity contribution in [2.75, 3.05) is 20.1 Å². The first kappa shape index (κ1) is 12.6. The Labute approximate surface area is 96.5 Å². The van der Waals surface area contributed by atoms with Gasteiger partial charge in [0.1, 0.15) is 5.69 Å². The van der Waals surface area contributed by atoms with E-state index in [2.05, 4.69) is 4.98 Å². The van der Waals surface area contributed by atoms with Gasteiger partial charge in [0.05, 0.1) is 0 Å². The average Bonchev–Trinajstić information content (AvgIpc) is 2.34. The number of carbonyl (C=O) groups is 1. The van der Waals surface area contributed by atoms with E-state index in [-0.39, 0.29) is 5.91 Å². The summed E-state index contributed by atoms with van der Waals surface area (Å²) in [4.78, 5) is 17.6. The Morgan fingerprint density at radius 1 is 1.38 bits per heavy atom. The molecule has 0 fully saturated rings. The number of amides is 1. The zero-order valence-electron chi connectivity index (χ0n) is 9.72. The highest BCUT2D eigenvalue weighted by atomic mass is 16.2. The molecule has 0 saturated carbocycles. The van der Waals surface area contributed by atoms with Crippen LogP contribution in [0.15, 0.2) is 24.4 Å². The molecule has 0 aliphatic heterocycles. The van der Waals surface area contributed by atoms with Crippen LogP contribution < -0.4 is 5.73 Å². The molecule has 16 heavy (non-hydrogen) atoms. The monoisotopic (exact) mass is 221 g/mol. The number of hydrogen-bond donors (Lipinski definition) is 1. The van der Waals surface area contributed by atoms with E-state index in [1.165, 1.54) is 0 Å². The molecule has 1 aromatic rings. The van der Waals surface area contributed by atoms with Crippen molar-refractivity contribution >= 4 is 5.91 Å². The molecule has 0 aliphatic carbocycles. The lowest BCUT2D eigenvalue weighted by molar-refractivity contribution is 0.0787. The van der Waals surface area contributed by atoms with Crippen LogP contribution in [-0.2, 0) is 0 Å². The predicted octanol–water partition coefficient (Wildman–Crippen LogP) is 1.28. The molecule has 0 saturated heterocycles. The molecule has 0 bridgehead atoms. The molecule has 1 rings (SSSR count). The van der Waals surface area contributed by atoms with Crippen LogP contribution in [0.2, 0.25) is 0 Å². The summed E-state index contributed by atoms with van der Waals surface area (Å²) >= 11 is 0. The Hall–Kier alpha value is -1.42. The molecular formula is C12H19N3O. The van der Waals surface area contributed by atoms with Gasteiger partial charge in [0, 0.05) is 19.8 Å². The third-order valence-electron chi connectivity index (χ3n) is 2.43. The normalized spacial score (nSPS) is 10.1. The first-order valence-corrected chi connectivity index (χ1v) is 5.62. The van der Waals surface area contributed by atoms with E-state index in [0.29, 0.717) is 5.69 Å². The van der Waals surface area contributed by atoms with E-state index in [9.17, 15) is 4.79 Å². The maximum atomic E-state index is 11.8. The van der Waals surface area contributed by atoms with Crippen LogP contribution in [0.25, 0.3) is 0 Å². The summed E-state index contributed by atoms with van der Waals surface area (Å²) in [6.07, 6.45) is 4.71.